The minimum Gasteiger partial charge on any atom is -0.353 e. The highest BCUT2D eigenvalue weighted by Crippen LogP contribution is 2.22. The number of carbonyl (C=O) groups excluding carboxylic acids is 1. The van der Waals surface area contributed by atoms with Crippen LogP contribution in [0, 0.1) is 0 Å². The van der Waals surface area contributed by atoms with Crippen LogP contribution in [-0.2, 0) is 4.79 Å². The van der Waals surface area contributed by atoms with Gasteiger partial charge in [-0.15, -0.1) is 36.2 Å². The predicted molar refractivity (Wildman–Crippen MR) is 77.3 cm³/mol. The fourth-order valence-electron chi connectivity index (χ4n) is 1.30. The zero-order chi connectivity index (χ0) is 11.3. The summed E-state index contributed by atoms with van der Waals surface area (Å²) in [4.78, 5) is 14.4. The van der Waals surface area contributed by atoms with Crippen LogP contribution in [0.15, 0.2) is 17.5 Å². The number of carbonyl (C=O) groups is 1. The normalized spacial score (nSPS) is 11.3. The van der Waals surface area contributed by atoms with Gasteiger partial charge in [-0.05, 0) is 25.5 Å². The van der Waals surface area contributed by atoms with Crippen LogP contribution in [-0.4, -0.2) is 38.0 Å². The van der Waals surface area contributed by atoms with Gasteiger partial charge in [-0.3, -0.25) is 4.79 Å². The molecule has 0 bridgehead atoms. The van der Waals surface area contributed by atoms with E-state index in [4.69, 9.17) is 5.73 Å². The number of nitrogens with zero attached hydrogens (tertiary/aromatic N) is 1. The lowest BCUT2D eigenvalue weighted by atomic mass is 10.2. The molecule has 1 rings (SSSR count). The predicted octanol–water partition coefficient (Wildman–Crippen LogP) is 1.27. The third-order valence-corrected chi connectivity index (χ3v) is 3.15. The second-order valence-electron chi connectivity index (χ2n) is 3.50. The van der Waals surface area contributed by atoms with Crippen molar-refractivity contribution < 1.29 is 4.79 Å². The van der Waals surface area contributed by atoms with Gasteiger partial charge in [0.25, 0.3) is 0 Å². The number of hydrogen-bond donors (Lipinski definition) is 2. The number of likely N-dealkylation sites (N-methyl/N-ethyl adjacent to an activating group) is 1. The van der Waals surface area contributed by atoms with Gasteiger partial charge < -0.3 is 16.0 Å². The molecule has 0 aliphatic heterocycles. The summed E-state index contributed by atoms with van der Waals surface area (Å²) in [6, 6.07) is 4.31. The fraction of sp³-hybridized carbons (Fsp3) is 0.500. The first-order chi connectivity index (χ1) is 7.15. The van der Waals surface area contributed by atoms with E-state index in [-0.39, 0.29) is 43.3 Å². The van der Waals surface area contributed by atoms with Gasteiger partial charge in [0, 0.05) is 11.4 Å². The Hall–Kier alpha value is -0.330. The van der Waals surface area contributed by atoms with Crippen molar-refractivity contribution >= 4 is 42.1 Å². The smallest absolute Gasteiger partial charge is 0.233 e. The van der Waals surface area contributed by atoms with Crippen molar-refractivity contribution in [2.24, 2.45) is 5.73 Å². The SMILES string of the molecule is CN(C)C(CNC(=O)CN)c1cccs1.Cl.Cl. The van der Waals surface area contributed by atoms with Crippen molar-refractivity contribution in [2.75, 3.05) is 27.2 Å². The van der Waals surface area contributed by atoms with Crippen molar-refractivity contribution in [1.29, 1.82) is 0 Å². The molecular formula is C10H19Cl2N3OS. The van der Waals surface area contributed by atoms with Crippen LogP contribution in [0.5, 0.6) is 0 Å². The van der Waals surface area contributed by atoms with Gasteiger partial charge in [0.1, 0.15) is 0 Å². The van der Waals surface area contributed by atoms with Gasteiger partial charge >= 0.3 is 0 Å². The molecule has 0 aliphatic rings. The third kappa shape index (κ3) is 6.24. The monoisotopic (exact) mass is 299 g/mol. The highest BCUT2D eigenvalue weighted by molar-refractivity contribution is 7.10. The minimum absolute atomic E-state index is 0. The molecular weight excluding hydrogens is 281 g/mol. The Morgan fingerprint density at radius 2 is 2.18 bits per heavy atom. The van der Waals surface area contributed by atoms with Crippen LogP contribution in [0.2, 0.25) is 0 Å². The number of nitrogens with two attached hydrogens (primary N) is 1. The molecule has 0 spiro atoms. The average molecular weight is 300 g/mol. The van der Waals surface area contributed by atoms with E-state index in [1.54, 1.807) is 11.3 Å². The van der Waals surface area contributed by atoms with Gasteiger partial charge in [0.05, 0.1) is 12.6 Å². The number of halogens is 2. The molecule has 0 saturated heterocycles. The summed E-state index contributed by atoms with van der Waals surface area (Å²) in [6.45, 7) is 0.647. The maximum Gasteiger partial charge on any atom is 0.233 e. The molecule has 1 atom stereocenters. The Bertz CT molecular complexity index is 307. The highest BCUT2D eigenvalue weighted by atomic mass is 35.5. The van der Waals surface area contributed by atoms with Crippen molar-refractivity contribution in [1.82, 2.24) is 10.2 Å². The molecule has 4 nitrogen and oxygen atoms in total. The summed E-state index contributed by atoms with van der Waals surface area (Å²) >= 11 is 1.69. The molecule has 1 aromatic rings. The Morgan fingerprint density at radius 1 is 1.53 bits per heavy atom. The van der Waals surface area contributed by atoms with E-state index in [0.717, 1.165) is 0 Å². The van der Waals surface area contributed by atoms with Crippen molar-refractivity contribution in [2.45, 2.75) is 6.04 Å². The second kappa shape index (κ2) is 9.67. The lowest BCUT2D eigenvalue weighted by Crippen LogP contribution is -2.37. The molecule has 7 heteroatoms. The molecule has 0 saturated carbocycles. The first-order valence-corrected chi connectivity index (χ1v) is 5.69. The van der Waals surface area contributed by atoms with E-state index < -0.39 is 0 Å². The topological polar surface area (TPSA) is 58.4 Å². The molecule has 0 radical (unpaired) electrons. The van der Waals surface area contributed by atoms with Gasteiger partial charge in [-0.1, -0.05) is 6.07 Å². The number of amides is 1. The zero-order valence-corrected chi connectivity index (χ0v) is 12.3. The lowest BCUT2D eigenvalue weighted by molar-refractivity contribution is -0.119. The lowest BCUT2D eigenvalue weighted by Gasteiger charge is -2.23. The van der Waals surface area contributed by atoms with Crippen LogP contribution >= 0.6 is 36.2 Å². The zero-order valence-electron chi connectivity index (χ0n) is 9.88. The Morgan fingerprint density at radius 3 is 2.59 bits per heavy atom. The second-order valence-corrected chi connectivity index (χ2v) is 4.48. The van der Waals surface area contributed by atoms with E-state index in [0.29, 0.717) is 6.54 Å². The summed E-state index contributed by atoms with van der Waals surface area (Å²) in [5.41, 5.74) is 5.23. The van der Waals surface area contributed by atoms with Gasteiger partial charge in [0.2, 0.25) is 5.91 Å². The van der Waals surface area contributed by atoms with Crippen LogP contribution in [0.4, 0.5) is 0 Å². The Balaban J connectivity index is 0. The van der Waals surface area contributed by atoms with Crippen molar-refractivity contribution in [3.05, 3.63) is 22.4 Å². The fourth-order valence-corrected chi connectivity index (χ4v) is 2.22. The maximum atomic E-state index is 11.1. The van der Waals surface area contributed by atoms with E-state index in [9.17, 15) is 4.79 Å². The van der Waals surface area contributed by atoms with Gasteiger partial charge in [0.15, 0.2) is 0 Å². The summed E-state index contributed by atoms with van der Waals surface area (Å²) in [6.07, 6.45) is 0. The molecule has 0 aromatic carbocycles. The molecule has 1 unspecified atom stereocenters. The molecule has 1 aromatic heterocycles. The first-order valence-electron chi connectivity index (χ1n) is 4.81. The molecule has 0 fully saturated rings. The standard InChI is InChI=1S/C10H17N3OS.2ClH/c1-13(2)8(7-12-10(14)6-11)9-4-3-5-15-9;;/h3-5,8H,6-7,11H2,1-2H3,(H,12,14);2*1H. The number of thiophene rings is 1. The Labute approximate surface area is 118 Å². The largest absolute Gasteiger partial charge is 0.353 e. The van der Waals surface area contributed by atoms with Crippen LogP contribution in [0.1, 0.15) is 10.9 Å². The number of hydrogen-bond acceptors (Lipinski definition) is 4. The number of rotatable bonds is 5. The van der Waals surface area contributed by atoms with E-state index in [1.807, 2.05) is 25.5 Å². The van der Waals surface area contributed by atoms with Crippen LogP contribution < -0.4 is 11.1 Å². The van der Waals surface area contributed by atoms with Crippen LogP contribution in [0.3, 0.4) is 0 Å². The molecule has 1 heterocycles. The summed E-state index contributed by atoms with van der Waals surface area (Å²) in [5.74, 6) is -0.113. The van der Waals surface area contributed by atoms with Crippen molar-refractivity contribution in [3.63, 3.8) is 0 Å². The van der Waals surface area contributed by atoms with Gasteiger partial charge in [-0.2, -0.15) is 0 Å². The molecule has 3 N–H and O–H groups in total. The van der Waals surface area contributed by atoms with Gasteiger partial charge in [-0.25, -0.2) is 0 Å². The summed E-state index contributed by atoms with van der Waals surface area (Å²) in [7, 11) is 4.00. The maximum absolute atomic E-state index is 11.1. The first kappa shape index (κ1) is 19.0. The number of nitrogens with one attached hydrogen (secondary N) is 1. The van der Waals surface area contributed by atoms with E-state index >= 15 is 0 Å². The Kier molecular flexibility index (Phi) is 10.8. The molecule has 100 valence electrons. The van der Waals surface area contributed by atoms with E-state index in [1.165, 1.54) is 4.88 Å². The summed E-state index contributed by atoms with van der Waals surface area (Å²) in [5, 5.41) is 4.84. The molecule has 17 heavy (non-hydrogen) atoms. The summed E-state index contributed by atoms with van der Waals surface area (Å²) < 4.78 is 0. The van der Waals surface area contributed by atoms with Crippen molar-refractivity contribution in [3.8, 4) is 0 Å². The molecule has 1 amide bonds. The molecule has 0 aliphatic carbocycles. The third-order valence-electron chi connectivity index (χ3n) is 2.17. The average Bonchev–Trinajstić information content (AvgIpc) is 2.70. The quantitative estimate of drug-likeness (QED) is 0.861. The van der Waals surface area contributed by atoms with Crippen LogP contribution in [0.25, 0.3) is 0 Å². The van der Waals surface area contributed by atoms with E-state index in [2.05, 4.69) is 16.3 Å². The minimum atomic E-state index is -0.113. The highest BCUT2D eigenvalue weighted by Gasteiger charge is 2.15.